The van der Waals surface area contributed by atoms with E-state index in [1.807, 2.05) is 60.7 Å². The second-order valence-corrected chi connectivity index (χ2v) is 8.44. The Morgan fingerprint density at radius 3 is 2.09 bits per heavy atom. The minimum absolute atomic E-state index is 0.0901. The van der Waals surface area contributed by atoms with Gasteiger partial charge in [-0.25, -0.2) is 14.7 Å². The third-order valence-corrected chi connectivity index (χ3v) is 4.43. The molecule has 33 heavy (non-hydrogen) atoms. The average molecular weight is 457 g/mol. The van der Waals surface area contributed by atoms with Crippen LogP contribution < -0.4 is 5.32 Å². The number of ether oxygens (including phenoxy) is 2. The predicted octanol–water partition coefficient (Wildman–Crippen LogP) is 3.99. The second kappa shape index (κ2) is 13.2. The maximum Gasteiger partial charge on any atom is 0.408 e. The number of hydrogen-bond acceptors (Lipinski definition) is 6. The number of carbonyl (C=O) groups is 3. The minimum atomic E-state index is -0.925. The number of alkyl carbamates (subject to hydrolysis) is 1. The maximum absolute atomic E-state index is 12.7. The second-order valence-electron chi connectivity index (χ2n) is 8.44. The summed E-state index contributed by atoms with van der Waals surface area (Å²) in [4.78, 5) is 41.8. The number of rotatable bonds is 12. The number of benzene rings is 2. The molecule has 8 heteroatoms. The average Bonchev–Trinajstić information content (AvgIpc) is 2.79. The van der Waals surface area contributed by atoms with Crippen LogP contribution in [0.3, 0.4) is 0 Å². The zero-order valence-electron chi connectivity index (χ0n) is 19.4. The van der Waals surface area contributed by atoms with Gasteiger partial charge in [-0.1, -0.05) is 60.7 Å². The van der Waals surface area contributed by atoms with Crippen molar-refractivity contribution in [3.63, 3.8) is 0 Å². The normalized spacial score (nSPS) is 11.8. The topological polar surface area (TPSA) is 94.2 Å². The van der Waals surface area contributed by atoms with Crippen LogP contribution in [0.5, 0.6) is 0 Å². The standard InChI is InChI=1S/C25H32N2O6/c1-25(2,3)33-24(30)26-22(23(29)31-17-20-11-6-4-7-12-20)15-10-16-27(19-28)32-18-21-13-8-5-9-14-21/h4-9,11-14,19,22H,10,15-18H2,1-3H3,(H,26,30)/t22-/m1/s1. The number of carbonyl (C=O) groups excluding carboxylic acids is 3. The Balaban J connectivity index is 1.90. The number of amides is 2. The van der Waals surface area contributed by atoms with Crippen LogP contribution in [-0.2, 0) is 37.1 Å². The van der Waals surface area contributed by atoms with Gasteiger partial charge in [-0.2, -0.15) is 0 Å². The molecule has 1 N–H and O–H groups in total. The number of hydroxylamine groups is 2. The zero-order valence-corrected chi connectivity index (χ0v) is 19.4. The fraction of sp³-hybridized carbons (Fsp3) is 0.400. The minimum Gasteiger partial charge on any atom is -0.459 e. The van der Waals surface area contributed by atoms with Crippen molar-refractivity contribution in [2.45, 2.75) is 58.5 Å². The molecule has 0 heterocycles. The first-order chi connectivity index (χ1) is 15.8. The number of hydrogen-bond donors (Lipinski definition) is 1. The van der Waals surface area contributed by atoms with Gasteiger partial charge < -0.3 is 14.8 Å². The van der Waals surface area contributed by atoms with Gasteiger partial charge in [0.05, 0.1) is 0 Å². The van der Waals surface area contributed by atoms with Gasteiger partial charge in [0.25, 0.3) is 0 Å². The van der Waals surface area contributed by atoms with Crippen molar-refractivity contribution < 1.29 is 28.7 Å². The lowest BCUT2D eigenvalue weighted by Gasteiger charge is -2.23. The fourth-order valence-corrected chi connectivity index (χ4v) is 2.86. The van der Waals surface area contributed by atoms with Crippen molar-refractivity contribution in [3.8, 4) is 0 Å². The summed E-state index contributed by atoms with van der Waals surface area (Å²) in [5.41, 5.74) is 1.06. The van der Waals surface area contributed by atoms with E-state index in [9.17, 15) is 14.4 Å². The molecule has 2 aromatic rings. The van der Waals surface area contributed by atoms with Crippen molar-refractivity contribution in [2.75, 3.05) is 6.54 Å². The molecule has 0 aliphatic rings. The highest BCUT2D eigenvalue weighted by molar-refractivity contribution is 5.81. The summed E-state index contributed by atoms with van der Waals surface area (Å²) in [5.74, 6) is -0.576. The van der Waals surface area contributed by atoms with E-state index in [4.69, 9.17) is 14.3 Å². The van der Waals surface area contributed by atoms with E-state index in [2.05, 4.69) is 5.32 Å². The van der Waals surface area contributed by atoms with Gasteiger partial charge in [0.1, 0.15) is 24.9 Å². The molecule has 2 amide bonds. The summed E-state index contributed by atoms with van der Waals surface area (Å²) in [7, 11) is 0. The smallest absolute Gasteiger partial charge is 0.408 e. The fourth-order valence-electron chi connectivity index (χ4n) is 2.86. The molecule has 0 saturated carbocycles. The number of nitrogens with zero attached hydrogens (tertiary/aromatic N) is 1. The molecule has 0 aliphatic carbocycles. The van der Waals surface area contributed by atoms with Gasteiger partial charge in [-0.3, -0.25) is 9.63 Å². The summed E-state index contributed by atoms with van der Waals surface area (Å²) >= 11 is 0. The number of esters is 1. The van der Waals surface area contributed by atoms with Crippen molar-refractivity contribution in [1.82, 2.24) is 10.4 Å². The summed E-state index contributed by atoms with van der Waals surface area (Å²) in [6.07, 6.45) is 0.518. The predicted molar refractivity (Wildman–Crippen MR) is 123 cm³/mol. The SMILES string of the molecule is CC(C)(C)OC(=O)N[C@H](CCCN(C=O)OCc1ccccc1)C(=O)OCc1ccccc1. The Kier molecular flexibility index (Phi) is 10.4. The Hall–Kier alpha value is -3.39. The van der Waals surface area contributed by atoms with Crippen LogP contribution in [0.25, 0.3) is 0 Å². The van der Waals surface area contributed by atoms with Gasteiger partial charge in [0.15, 0.2) is 0 Å². The molecule has 0 spiro atoms. The van der Waals surface area contributed by atoms with Crippen LogP contribution in [0.1, 0.15) is 44.7 Å². The molecule has 0 radical (unpaired) electrons. The van der Waals surface area contributed by atoms with Crippen LogP contribution in [0.2, 0.25) is 0 Å². The number of nitrogens with one attached hydrogen (secondary N) is 1. The van der Waals surface area contributed by atoms with E-state index >= 15 is 0 Å². The van der Waals surface area contributed by atoms with Gasteiger partial charge in [0.2, 0.25) is 6.41 Å². The molecular formula is C25H32N2O6. The Labute approximate surface area is 194 Å². The van der Waals surface area contributed by atoms with E-state index in [0.717, 1.165) is 11.1 Å². The van der Waals surface area contributed by atoms with E-state index in [1.54, 1.807) is 20.8 Å². The lowest BCUT2D eigenvalue weighted by Crippen LogP contribution is -2.44. The van der Waals surface area contributed by atoms with Crippen LogP contribution in [0.15, 0.2) is 60.7 Å². The summed E-state index contributed by atoms with van der Waals surface area (Å²) < 4.78 is 10.7. The molecule has 0 bridgehead atoms. The maximum atomic E-state index is 12.7. The highest BCUT2D eigenvalue weighted by atomic mass is 16.7. The molecule has 2 rings (SSSR count). The van der Waals surface area contributed by atoms with Gasteiger partial charge in [-0.15, -0.1) is 0 Å². The Bertz CT molecular complexity index is 867. The molecule has 0 unspecified atom stereocenters. The van der Waals surface area contributed by atoms with Gasteiger partial charge in [-0.05, 0) is 44.7 Å². The van der Waals surface area contributed by atoms with Crippen LogP contribution in [-0.4, -0.2) is 41.7 Å². The monoisotopic (exact) mass is 456 g/mol. The summed E-state index contributed by atoms with van der Waals surface area (Å²) in [6.45, 7) is 5.80. The van der Waals surface area contributed by atoms with Gasteiger partial charge >= 0.3 is 12.1 Å². The van der Waals surface area contributed by atoms with Gasteiger partial charge in [0, 0.05) is 6.54 Å². The third kappa shape index (κ3) is 10.7. The first-order valence-corrected chi connectivity index (χ1v) is 10.9. The molecule has 0 saturated heterocycles. The molecule has 0 aliphatic heterocycles. The summed E-state index contributed by atoms with van der Waals surface area (Å²) in [5, 5.41) is 3.75. The Morgan fingerprint density at radius 1 is 0.970 bits per heavy atom. The zero-order chi connectivity index (χ0) is 24.1. The van der Waals surface area contributed by atoms with Crippen LogP contribution >= 0.6 is 0 Å². The van der Waals surface area contributed by atoms with Crippen molar-refractivity contribution in [1.29, 1.82) is 0 Å². The van der Waals surface area contributed by atoms with E-state index in [-0.39, 0.29) is 26.2 Å². The van der Waals surface area contributed by atoms with Crippen LogP contribution in [0.4, 0.5) is 4.79 Å². The van der Waals surface area contributed by atoms with E-state index in [0.29, 0.717) is 12.8 Å². The van der Waals surface area contributed by atoms with Crippen molar-refractivity contribution in [3.05, 3.63) is 71.8 Å². The molecule has 0 fully saturated rings. The van der Waals surface area contributed by atoms with Crippen LogP contribution in [0, 0.1) is 0 Å². The molecule has 8 nitrogen and oxygen atoms in total. The largest absolute Gasteiger partial charge is 0.459 e. The quantitative estimate of drug-likeness (QED) is 0.295. The molecule has 0 aromatic heterocycles. The molecule has 2 aromatic carbocycles. The van der Waals surface area contributed by atoms with Crippen molar-refractivity contribution >= 4 is 18.5 Å². The van der Waals surface area contributed by atoms with E-state index in [1.165, 1.54) is 5.06 Å². The molecule has 178 valence electrons. The molecular weight excluding hydrogens is 424 g/mol. The third-order valence-electron chi connectivity index (χ3n) is 4.43. The highest BCUT2D eigenvalue weighted by Crippen LogP contribution is 2.10. The first-order valence-electron chi connectivity index (χ1n) is 10.9. The lowest BCUT2D eigenvalue weighted by atomic mass is 10.1. The molecule has 1 atom stereocenters. The Morgan fingerprint density at radius 2 is 1.55 bits per heavy atom. The first kappa shape index (κ1) is 25.9. The summed E-state index contributed by atoms with van der Waals surface area (Å²) in [6, 6.07) is 17.8. The lowest BCUT2D eigenvalue weighted by molar-refractivity contribution is -0.177. The van der Waals surface area contributed by atoms with E-state index < -0.39 is 23.7 Å². The highest BCUT2D eigenvalue weighted by Gasteiger charge is 2.25. The van der Waals surface area contributed by atoms with Crippen molar-refractivity contribution in [2.24, 2.45) is 0 Å².